The fraction of sp³-hybridized carbons (Fsp3) is 0.474. The SMILES string of the molecule is CCNc1nc(Nc2ccc(C(C)C)c(C)c2)cc(C2CC2)n1. The summed E-state index contributed by atoms with van der Waals surface area (Å²) in [6.07, 6.45) is 2.48. The summed E-state index contributed by atoms with van der Waals surface area (Å²) in [4.78, 5) is 9.20. The molecule has 1 aliphatic rings. The van der Waals surface area contributed by atoms with Crippen molar-refractivity contribution in [2.45, 2.75) is 52.4 Å². The van der Waals surface area contributed by atoms with E-state index in [4.69, 9.17) is 0 Å². The standard InChI is InChI=1S/C19H26N4/c1-5-20-19-22-17(14-6-7-14)11-18(23-19)21-15-8-9-16(12(2)3)13(4)10-15/h8-12,14H,5-7H2,1-4H3,(H2,20,21,22,23). The summed E-state index contributed by atoms with van der Waals surface area (Å²) in [6.45, 7) is 9.51. The van der Waals surface area contributed by atoms with Gasteiger partial charge in [-0.1, -0.05) is 19.9 Å². The Hall–Kier alpha value is -2.10. The van der Waals surface area contributed by atoms with Gasteiger partial charge in [0, 0.05) is 24.2 Å². The number of nitrogens with zero attached hydrogens (tertiary/aromatic N) is 2. The maximum atomic E-state index is 4.62. The van der Waals surface area contributed by atoms with Gasteiger partial charge in [0.1, 0.15) is 5.82 Å². The smallest absolute Gasteiger partial charge is 0.224 e. The molecule has 0 saturated heterocycles. The molecule has 1 fully saturated rings. The molecular weight excluding hydrogens is 284 g/mol. The van der Waals surface area contributed by atoms with Crippen LogP contribution in [0.25, 0.3) is 0 Å². The first-order chi connectivity index (χ1) is 11.1. The van der Waals surface area contributed by atoms with Crippen LogP contribution in [0.5, 0.6) is 0 Å². The minimum absolute atomic E-state index is 0.546. The molecule has 122 valence electrons. The van der Waals surface area contributed by atoms with E-state index < -0.39 is 0 Å². The molecule has 4 nitrogen and oxygen atoms in total. The summed E-state index contributed by atoms with van der Waals surface area (Å²) in [5.74, 6) is 2.75. The van der Waals surface area contributed by atoms with Gasteiger partial charge < -0.3 is 10.6 Å². The summed E-state index contributed by atoms with van der Waals surface area (Å²) < 4.78 is 0. The third-order valence-corrected chi connectivity index (χ3v) is 4.24. The van der Waals surface area contributed by atoms with E-state index in [-0.39, 0.29) is 0 Å². The Kier molecular flexibility index (Phi) is 4.51. The second-order valence-electron chi connectivity index (χ2n) is 6.66. The van der Waals surface area contributed by atoms with Crippen molar-refractivity contribution in [2.24, 2.45) is 0 Å². The maximum absolute atomic E-state index is 4.62. The van der Waals surface area contributed by atoms with Gasteiger partial charge in [0.2, 0.25) is 5.95 Å². The summed E-state index contributed by atoms with van der Waals surface area (Å²) in [6, 6.07) is 8.62. The monoisotopic (exact) mass is 310 g/mol. The van der Waals surface area contributed by atoms with E-state index in [1.54, 1.807) is 0 Å². The molecule has 0 spiro atoms. The molecule has 1 heterocycles. The van der Waals surface area contributed by atoms with Crippen molar-refractivity contribution in [3.63, 3.8) is 0 Å². The van der Waals surface area contributed by atoms with Gasteiger partial charge in [0.25, 0.3) is 0 Å². The number of benzene rings is 1. The summed E-state index contributed by atoms with van der Waals surface area (Å²) in [7, 11) is 0. The van der Waals surface area contributed by atoms with Crippen molar-refractivity contribution in [1.82, 2.24) is 9.97 Å². The van der Waals surface area contributed by atoms with E-state index in [1.807, 2.05) is 0 Å². The Morgan fingerprint density at radius 3 is 2.57 bits per heavy atom. The lowest BCUT2D eigenvalue weighted by Crippen LogP contribution is -2.06. The molecule has 0 atom stereocenters. The zero-order valence-corrected chi connectivity index (χ0v) is 14.5. The van der Waals surface area contributed by atoms with Gasteiger partial charge >= 0.3 is 0 Å². The second-order valence-corrected chi connectivity index (χ2v) is 6.66. The average Bonchev–Trinajstić information content (AvgIpc) is 3.31. The number of hydrogen-bond acceptors (Lipinski definition) is 4. The van der Waals surface area contributed by atoms with E-state index >= 15 is 0 Å². The zero-order valence-electron chi connectivity index (χ0n) is 14.5. The molecule has 0 unspecified atom stereocenters. The van der Waals surface area contributed by atoms with Gasteiger partial charge in [-0.15, -0.1) is 0 Å². The summed E-state index contributed by atoms with van der Waals surface area (Å²) in [5.41, 5.74) is 4.93. The van der Waals surface area contributed by atoms with E-state index in [1.165, 1.54) is 24.0 Å². The Morgan fingerprint density at radius 1 is 1.17 bits per heavy atom. The number of hydrogen-bond donors (Lipinski definition) is 2. The average molecular weight is 310 g/mol. The zero-order chi connectivity index (χ0) is 16.4. The molecule has 1 aromatic carbocycles. The molecule has 2 N–H and O–H groups in total. The molecule has 0 aliphatic heterocycles. The molecule has 2 aromatic rings. The van der Waals surface area contributed by atoms with Crippen LogP contribution in [0, 0.1) is 6.92 Å². The van der Waals surface area contributed by atoms with Crippen molar-refractivity contribution < 1.29 is 0 Å². The van der Waals surface area contributed by atoms with Crippen molar-refractivity contribution >= 4 is 17.5 Å². The minimum atomic E-state index is 0.546. The lowest BCUT2D eigenvalue weighted by atomic mass is 9.98. The predicted octanol–water partition coefficient (Wildman–Crippen LogP) is 4.96. The molecule has 0 amide bonds. The quantitative estimate of drug-likeness (QED) is 0.791. The maximum Gasteiger partial charge on any atom is 0.224 e. The topological polar surface area (TPSA) is 49.8 Å². The Morgan fingerprint density at radius 2 is 1.96 bits per heavy atom. The van der Waals surface area contributed by atoms with Crippen LogP contribution < -0.4 is 10.6 Å². The van der Waals surface area contributed by atoms with Gasteiger partial charge in [0.15, 0.2) is 0 Å². The molecule has 23 heavy (non-hydrogen) atoms. The van der Waals surface area contributed by atoms with Crippen LogP contribution in [-0.2, 0) is 0 Å². The van der Waals surface area contributed by atoms with Gasteiger partial charge in [-0.2, -0.15) is 4.98 Å². The normalized spacial score (nSPS) is 14.1. The molecule has 0 radical (unpaired) electrons. The first kappa shape index (κ1) is 15.8. The second kappa shape index (κ2) is 6.57. The van der Waals surface area contributed by atoms with Crippen LogP contribution in [0.2, 0.25) is 0 Å². The highest BCUT2D eigenvalue weighted by molar-refractivity contribution is 5.60. The summed E-state index contributed by atoms with van der Waals surface area (Å²) in [5, 5.41) is 6.67. The Balaban J connectivity index is 1.85. The highest BCUT2D eigenvalue weighted by Gasteiger charge is 2.26. The highest BCUT2D eigenvalue weighted by atomic mass is 15.1. The molecule has 3 rings (SSSR count). The van der Waals surface area contributed by atoms with Gasteiger partial charge in [0.05, 0.1) is 5.69 Å². The van der Waals surface area contributed by atoms with Crippen molar-refractivity contribution in [1.29, 1.82) is 0 Å². The van der Waals surface area contributed by atoms with Crippen LogP contribution in [0.3, 0.4) is 0 Å². The van der Waals surface area contributed by atoms with Crippen LogP contribution in [-0.4, -0.2) is 16.5 Å². The lowest BCUT2D eigenvalue weighted by molar-refractivity contribution is 0.857. The number of rotatable bonds is 6. The highest BCUT2D eigenvalue weighted by Crippen LogP contribution is 2.40. The third kappa shape index (κ3) is 3.81. The van der Waals surface area contributed by atoms with Crippen LogP contribution in [0.15, 0.2) is 24.3 Å². The van der Waals surface area contributed by atoms with Crippen LogP contribution >= 0.6 is 0 Å². The van der Waals surface area contributed by atoms with E-state index in [0.29, 0.717) is 11.8 Å². The van der Waals surface area contributed by atoms with Crippen LogP contribution in [0.1, 0.15) is 62.3 Å². The number of anilines is 3. The Bertz CT molecular complexity index is 690. The van der Waals surface area contributed by atoms with Gasteiger partial charge in [-0.25, -0.2) is 4.98 Å². The number of aromatic nitrogens is 2. The Labute approximate surface area is 138 Å². The summed E-state index contributed by atoms with van der Waals surface area (Å²) >= 11 is 0. The van der Waals surface area contributed by atoms with Gasteiger partial charge in [-0.05, 0) is 55.9 Å². The van der Waals surface area contributed by atoms with E-state index in [2.05, 4.69) is 72.6 Å². The molecule has 1 saturated carbocycles. The molecular formula is C19H26N4. The number of aryl methyl sites for hydroxylation is 1. The van der Waals surface area contributed by atoms with Crippen molar-refractivity contribution in [2.75, 3.05) is 17.2 Å². The first-order valence-corrected chi connectivity index (χ1v) is 8.57. The van der Waals surface area contributed by atoms with E-state index in [0.717, 1.165) is 29.7 Å². The van der Waals surface area contributed by atoms with Crippen molar-refractivity contribution in [3.05, 3.63) is 41.1 Å². The van der Waals surface area contributed by atoms with Gasteiger partial charge in [-0.3, -0.25) is 0 Å². The minimum Gasteiger partial charge on any atom is -0.354 e. The lowest BCUT2D eigenvalue weighted by Gasteiger charge is -2.14. The van der Waals surface area contributed by atoms with Crippen LogP contribution in [0.4, 0.5) is 17.5 Å². The molecule has 1 aromatic heterocycles. The fourth-order valence-corrected chi connectivity index (χ4v) is 2.90. The fourth-order valence-electron chi connectivity index (χ4n) is 2.90. The molecule has 0 bridgehead atoms. The van der Waals surface area contributed by atoms with Crippen molar-refractivity contribution in [3.8, 4) is 0 Å². The molecule has 1 aliphatic carbocycles. The largest absolute Gasteiger partial charge is 0.354 e. The first-order valence-electron chi connectivity index (χ1n) is 8.57. The number of nitrogens with one attached hydrogen (secondary N) is 2. The predicted molar refractivity (Wildman–Crippen MR) is 96.7 cm³/mol. The third-order valence-electron chi connectivity index (χ3n) is 4.24. The van der Waals surface area contributed by atoms with E-state index in [9.17, 15) is 0 Å². The molecule has 4 heteroatoms.